The zero-order chi connectivity index (χ0) is 17.8. The minimum Gasteiger partial charge on any atom is -0.494 e. The molecule has 25 heavy (non-hydrogen) atoms. The van der Waals surface area contributed by atoms with Gasteiger partial charge in [-0.25, -0.2) is 4.98 Å². The van der Waals surface area contributed by atoms with Gasteiger partial charge in [0, 0.05) is 16.3 Å². The fourth-order valence-corrected chi connectivity index (χ4v) is 3.30. The molecule has 0 fully saturated rings. The minimum absolute atomic E-state index is 0.169. The van der Waals surface area contributed by atoms with Gasteiger partial charge in [-0.2, -0.15) is 0 Å². The highest BCUT2D eigenvalue weighted by Gasteiger charge is 2.18. The van der Waals surface area contributed by atoms with Gasteiger partial charge >= 0.3 is 0 Å². The zero-order valence-electron chi connectivity index (χ0n) is 13.5. The number of nitrogens with zero attached hydrogens (tertiary/aromatic N) is 1. The number of ether oxygens (including phenoxy) is 1. The fourth-order valence-electron chi connectivity index (χ4n) is 2.24. The van der Waals surface area contributed by atoms with Crippen LogP contribution in [0, 0.1) is 0 Å². The van der Waals surface area contributed by atoms with Gasteiger partial charge in [-0.3, -0.25) is 4.79 Å². The lowest BCUT2D eigenvalue weighted by Crippen LogP contribution is -2.02. The van der Waals surface area contributed by atoms with E-state index >= 15 is 0 Å². The van der Waals surface area contributed by atoms with Crippen LogP contribution in [0.3, 0.4) is 0 Å². The highest BCUT2D eigenvalue weighted by molar-refractivity contribution is 7.18. The van der Waals surface area contributed by atoms with Crippen molar-refractivity contribution in [3.63, 3.8) is 0 Å². The van der Waals surface area contributed by atoms with Crippen LogP contribution in [-0.4, -0.2) is 17.4 Å². The van der Waals surface area contributed by atoms with Crippen molar-refractivity contribution >= 4 is 45.4 Å². The monoisotopic (exact) mass is 373 g/mol. The molecule has 0 atom stereocenters. The zero-order valence-corrected chi connectivity index (χ0v) is 15.0. The Morgan fingerprint density at radius 1 is 1.28 bits per heavy atom. The predicted molar refractivity (Wildman–Crippen MR) is 102 cm³/mol. The standard InChI is InChI=1S/C18H16ClN3O2S/c1-2-24-14-8-6-11(7-9-14)15(23)16-17(20)22-18(25-16)21-13-5-3-4-12(19)10-13/h3-10H,2,20H2,1H3,(H,21,22). The number of nitrogens with one attached hydrogen (secondary N) is 1. The quantitative estimate of drug-likeness (QED) is 0.609. The van der Waals surface area contributed by atoms with E-state index in [-0.39, 0.29) is 11.6 Å². The maximum atomic E-state index is 12.7. The van der Waals surface area contributed by atoms with Crippen LogP contribution in [-0.2, 0) is 0 Å². The van der Waals surface area contributed by atoms with Crippen LogP contribution in [0.4, 0.5) is 16.6 Å². The normalized spacial score (nSPS) is 10.5. The number of hydrogen-bond acceptors (Lipinski definition) is 6. The highest BCUT2D eigenvalue weighted by Crippen LogP contribution is 2.30. The number of carbonyl (C=O) groups is 1. The first-order valence-electron chi connectivity index (χ1n) is 7.63. The summed E-state index contributed by atoms with van der Waals surface area (Å²) in [7, 11) is 0. The Balaban J connectivity index is 1.80. The third kappa shape index (κ3) is 4.10. The SMILES string of the molecule is CCOc1ccc(C(=O)c2sc(Nc3cccc(Cl)c3)nc2N)cc1. The lowest BCUT2D eigenvalue weighted by atomic mass is 10.1. The van der Waals surface area contributed by atoms with Crippen LogP contribution in [0.2, 0.25) is 5.02 Å². The first-order valence-corrected chi connectivity index (χ1v) is 8.82. The van der Waals surface area contributed by atoms with Gasteiger partial charge in [0.2, 0.25) is 5.78 Å². The topological polar surface area (TPSA) is 77.2 Å². The molecule has 2 aromatic carbocycles. The molecular weight excluding hydrogens is 358 g/mol. The van der Waals surface area contributed by atoms with E-state index in [4.69, 9.17) is 22.1 Å². The van der Waals surface area contributed by atoms with Gasteiger partial charge in [0.15, 0.2) is 5.13 Å². The number of halogens is 1. The van der Waals surface area contributed by atoms with E-state index in [1.54, 1.807) is 36.4 Å². The molecule has 3 N–H and O–H groups in total. The molecule has 128 valence electrons. The number of benzene rings is 2. The fraction of sp³-hybridized carbons (Fsp3) is 0.111. The molecule has 3 rings (SSSR count). The summed E-state index contributed by atoms with van der Waals surface area (Å²) in [4.78, 5) is 17.3. The van der Waals surface area contributed by atoms with Gasteiger partial charge in [-0.05, 0) is 49.4 Å². The number of carbonyl (C=O) groups excluding carboxylic acids is 1. The number of nitrogens with two attached hydrogens (primary N) is 1. The smallest absolute Gasteiger partial charge is 0.206 e. The molecule has 0 aliphatic heterocycles. The molecular formula is C18H16ClN3O2S. The molecule has 0 aliphatic rings. The number of rotatable bonds is 6. The number of thiazole rings is 1. The molecule has 0 aliphatic carbocycles. The number of aromatic nitrogens is 1. The highest BCUT2D eigenvalue weighted by atomic mass is 35.5. The van der Waals surface area contributed by atoms with Crippen molar-refractivity contribution in [3.8, 4) is 5.75 Å². The summed E-state index contributed by atoms with van der Waals surface area (Å²) in [6, 6.07) is 14.2. The predicted octanol–water partition coefficient (Wildman–Crippen LogP) is 4.75. The summed E-state index contributed by atoms with van der Waals surface area (Å²) in [5, 5.41) is 4.26. The molecule has 1 aromatic heterocycles. The summed E-state index contributed by atoms with van der Waals surface area (Å²) in [6.07, 6.45) is 0. The van der Waals surface area contributed by atoms with E-state index in [9.17, 15) is 4.79 Å². The Kier molecular flexibility index (Phi) is 5.21. The van der Waals surface area contributed by atoms with E-state index in [0.29, 0.717) is 27.2 Å². The van der Waals surface area contributed by atoms with E-state index in [2.05, 4.69) is 10.3 Å². The van der Waals surface area contributed by atoms with Crippen LogP contribution in [0.15, 0.2) is 48.5 Å². The van der Waals surface area contributed by atoms with Crippen molar-refractivity contribution in [1.82, 2.24) is 4.98 Å². The molecule has 0 saturated carbocycles. The summed E-state index contributed by atoms with van der Waals surface area (Å²) in [6.45, 7) is 2.49. The van der Waals surface area contributed by atoms with Crippen molar-refractivity contribution in [1.29, 1.82) is 0 Å². The van der Waals surface area contributed by atoms with Crippen molar-refractivity contribution < 1.29 is 9.53 Å². The second-order valence-corrected chi connectivity index (χ2v) is 6.59. The number of anilines is 3. The van der Waals surface area contributed by atoms with Crippen LogP contribution < -0.4 is 15.8 Å². The minimum atomic E-state index is -0.169. The van der Waals surface area contributed by atoms with Gasteiger partial charge < -0.3 is 15.8 Å². The first kappa shape index (κ1) is 17.3. The Hall–Kier alpha value is -2.57. The van der Waals surface area contributed by atoms with E-state index in [1.165, 1.54) is 11.3 Å². The molecule has 7 heteroatoms. The second kappa shape index (κ2) is 7.55. The maximum absolute atomic E-state index is 12.7. The van der Waals surface area contributed by atoms with Crippen LogP contribution >= 0.6 is 22.9 Å². The van der Waals surface area contributed by atoms with E-state index < -0.39 is 0 Å². The number of ketones is 1. The Morgan fingerprint density at radius 3 is 2.72 bits per heavy atom. The van der Waals surface area contributed by atoms with Gasteiger partial charge in [0.05, 0.1) is 6.61 Å². The molecule has 0 saturated heterocycles. The largest absolute Gasteiger partial charge is 0.494 e. The van der Waals surface area contributed by atoms with Gasteiger partial charge in [0.1, 0.15) is 16.4 Å². The van der Waals surface area contributed by atoms with Crippen LogP contribution in [0.1, 0.15) is 22.2 Å². The molecule has 1 heterocycles. The summed E-state index contributed by atoms with van der Waals surface area (Å²) in [5.74, 6) is 0.755. The molecule has 5 nitrogen and oxygen atoms in total. The van der Waals surface area contributed by atoms with Crippen LogP contribution in [0.25, 0.3) is 0 Å². The number of nitrogen functional groups attached to an aromatic ring is 1. The first-order chi connectivity index (χ1) is 12.1. The second-order valence-electron chi connectivity index (χ2n) is 5.16. The third-order valence-electron chi connectivity index (χ3n) is 3.36. The molecule has 0 spiro atoms. The molecule has 0 unspecified atom stereocenters. The number of hydrogen-bond donors (Lipinski definition) is 2. The molecule has 0 amide bonds. The lowest BCUT2D eigenvalue weighted by Gasteiger charge is -2.04. The van der Waals surface area contributed by atoms with Gasteiger partial charge in [0.25, 0.3) is 0 Å². The van der Waals surface area contributed by atoms with Gasteiger partial charge in [-0.1, -0.05) is 29.0 Å². The van der Waals surface area contributed by atoms with Crippen molar-refractivity contribution in [2.75, 3.05) is 17.7 Å². The van der Waals surface area contributed by atoms with Crippen LogP contribution in [0.5, 0.6) is 5.75 Å². The Bertz CT molecular complexity index is 894. The summed E-state index contributed by atoms with van der Waals surface area (Å²) >= 11 is 7.17. The molecule has 0 bridgehead atoms. The Morgan fingerprint density at radius 2 is 2.04 bits per heavy atom. The average molecular weight is 374 g/mol. The average Bonchev–Trinajstić information content (AvgIpc) is 2.95. The molecule has 3 aromatic rings. The van der Waals surface area contributed by atoms with E-state index in [0.717, 1.165) is 11.4 Å². The Labute approximate surface area is 154 Å². The maximum Gasteiger partial charge on any atom is 0.206 e. The molecule has 0 radical (unpaired) electrons. The lowest BCUT2D eigenvalue weighted by molar-refractivity contribution is 0.104. The van der Waals surface area contributed by atoms with Crippen molar-refractivity contribution in [3.05, 3.63) is 64.0 Å². The van der Waals surface area contributed by atoms with E-state index in [1.807, 2.05) is 19.1 Å². The summed E-state index contributed by atoms with van der Waals surface area (Å²) in [5.41, 5.74) is 7.24. The van der Waals surface area contributed by atoms with Gasteiger partial charge in [-0.15, -0.1) is 0 Å². The summed E-state index contributed by atoms with van der Waals surface area (Å²) < 4.78 is 5.38. The van der Waals surface area contributed by atoms with Crippen molar-refractivity contribution in [2.45, 2.75) is 6.92 Å². The third-order valence-corrected chi connectivity index (χ3v) is 4.58. The van der Waals surface area contributed by atoms with Crippen molar-refractivity contribution in [2.24, 2.45) is 0 Å².